The smallest absolute Gasteiger partial charge is 0.0474 e. The van der Waals surface area contributed by atoms with Crippen molar-refractivity contribution >= 4 is 27.5 Å². The van der Waals surface area contributed by atoms with Crippen LogP contribution in [0.4, 0.5) is 0 Å². The minimum Gasteiger partial charge on any atom is -0.396 e. The lowest BCUT2D eigenvalue weighted by Gasteiger charge is -2.26. The number of hydrogen-bond acceptors (Lipinski definition) is 3. The minimum absolute atomic E-state index is 0.0298. The summed E-state index contributed by atoms with van der Waals surface area (Å²) in [6.45, 7) is 0.728. The fourth-order valence-corrected chi connectivity index (χ4v) is 3.43. The van der Waals surface area contributed by atoms with Crippen molar-refractivity contribution in [2.45, 2.75) is 31.3 Å². The molecule has 5 heteroatoms. The highest BCUT2D eigenvalue weighted by molar-refractivity contribution is 9.10. The van der Waals surface area contributed by atoms with Gasteiger partial charge in [0.05, 0.1) is 0 Å². The van der Waals surface area contributed by atoms with E-state index >= 15 is 0 Å². The van der Waals surface area contributed by atoms with Gasteiger partial charge in [-0.1, -0.05) is 34.0 Å². The Balaban J connectivity index is 2.13. The molecule has 1 saturated carbocycles. The van der Waals surface area contributed by atoms with E-state index in [0.717, 1.165) is 34.3 Å². The minimum atomic E-state index is 0.0298. The SMILES string of the molecule is NCC(NC1CCCC1CO)c1cc(Br)ccc1Cl. The average molecular weight is 348 g/mol. The number of aliphatic hydroxyl groups is 1. The molecule has 1 aliphatic carbocycles. The van der Waals surface area contributed by atoms with E-state index in [-0.39, 0.29) is 12.6 Å². The van der Waals surface area contributed by atoms with Crippen molar-refractivity contribution in [3.8, 4) is 0 Å². The fraction of sp³-hybridized carbons (Fsp3) is 0.571. The predicted octanol–water partition coefficient (Wildman–Crippen LogP) is 2.85. The third-order valence-corrected chi connectivity index (χ3v) is 4.72. The van der Waals surface area contributed by atoms with Crippen LogP contribution in [0.25, 0.3) is 0 Å². The number of benzene rings is 1. The highest BCUT2D eigenvalue weighted by Crippen LogP contribution is 2.30. The Labute approximate surface area is 127 Å². The van der Waals surface area contributed by atoms with Crippen LogP contribution < -0.4 is 11.1 Å². The summed E-state index contributed by atoms with van der Waals surface area (Å²) in [7, 11) is 0. The molecule has 106 valence electrons. The third kappa shape index (κ3) is 3.70. The van der Waals surface area contributed by atoms with E-state index in [1.165, 1.54) is 0 Å². The zero-order valence-electron chi connectivity index (χ0n) is 10.8. The number of hydrogen-bond donors (Lipinski definition) is 3. The van der Waals surface area contributed by atoms with Gasteiger partial charge in [0.1, 0.15) is 0 Å². The molecule has 0 aliphatic heterocycles. The summed E-state index contributed by atoms with van der Waals surface area (Å²) in [5, 5.41) is 13.7. The molecule has 19 heavy (non-hydrogen) atoms. The molecule has 1 fully saturated rings. The van der Waals surface area contributed by atoms with Gasteiger partial charge in [0.15, 0.2) is 0 Å². The third-order valence-electron chi connectivity index (χ3n) is 3.88. The van der Waals surface area contributed by atoms with Crippen LogP contribution >= 0.6 is 27.5 Å². The van der Waals surface area contributed by atoms with E-state index in [4.69, 9.17) is 17.3 Å². The summed E-state index contributed by atoms with van der Waals surface area (Å²) < 4.78 is 0.997. The van der Waals surface area contributed by atoms with Gasteiger partial charge in [0.2, 0.25) is 0 Å². The molecular weight excluding hydrogens is 328 g/mol. The van der Waals surface area contributed by atoms with Crippen LogP contribution in [0, 0.1) is 5.92 Å². The van der Waals surface area contributed by atoms with E-state index in [1.807, 2.05) is 18.2 Å². The molecule has 2 rings (SSSR count). The van der Waals surface area contributed by atoms with Crippen LogP contribution in [-0.2, 0) is 0 Å². The fourth-order valence-electron chi connectivity index (χ4n) is 2.80. The maximum absolute atomic E-state index is 9.39. The van der Waals surface area contributed by atoms with Gasteiger partial charge in [-0.25, -0.2) is 0 Å². The Hall–Kier alpha value is -0.130. The molecule has 1 aromatic rings. The van der Waals surface area contributed by atoms with Crippen LogP contribution in [0.3, 0.4) is 0 Å². The summed E-state index contributed by atoms with van der Waals surface area (Å²) >= 11 is 9.72. The number of halogens is 2. The summed E-state index contributed by atoms with van der Waals surface area (Å²) in [6.07, 6.45) is 3.33. The second-order valence-corrected chi connectivity index (χ2v) is 6.42. The molecule has 3 nitrogen and oxygen atoms in total. The second kappa shape index (κ2) is 7.04. The lowest BCUT2D eigenvalue weighted by molar-refractivity contribution is 0.200. The molecule has 0 radical (unpaired) electrons. The van der Waals surface area contributed by atoms with Crippen molar-refractivity contribution in [2.24, 2.45) is 11.7 Å². The second-order valence-electron chi connectivity index (χ2n) is 5.10. The number of rotatable bonds is 5. The Kier molecular flexibility index (Phi) is 5.66. The molecule has 1 aromatic carbocycles. The van der Waals surface area contributed by atoms with Gasteiger partial charge in [0, 0.05) is 34.7 Å². The molecule has 0 heterocycles. The average Bonchev–Trinajstić information content (AvgIpc) is 2.86. The van der Waals surface area contributed by atoms with Gasteiger partial charge in [-0.05, 0) is 42.5 Å². The van der Waals surface area contributed by atoms with Crippen molar-refractivity contribution in [1.82, 2.24) is 5.32 Å². The Morgan fingerprint density at radius 2 is 2.26 bits per heavy atom. The first kappa shape index (κ1) is 15.3. The highest BCUT2D eigenvalue weighted by Gasteiger charge is 2.29. The monoisotopic (exact) mass is 346 g/mol. The molecule has 0 amide bonds. The molecule has 0 saturated heterocycles. The number of nitrogens with two attached hydrogens (primary N) is 1. The molecule has 0 spiro atoms. The van der Waals surface area contributed by atoms with Gasteiger partial charge in [-0.2, -0.15) is 0 Å². The molecule has 3 unspecified atom stereocenters. The van der Waals surface area contributed by atoms with Crippen molar-refractivity contribution in [2.75, 3.05) is 13.2 Å². The van der Waals surface area contributed by atoms with E-state index in [1.54, 1.807) is 0 Å². The lowest BCUT2D eigenvalue weighted by atomic mass is 10.0. The number of aliphatic hydroxyl groups excluding tert-OH is 1. The Bertz CT molecular complexity index is 430. The molecule has 0 aromatic heterocycles. The van der Waals surface area contributed by atoms with E-state index in [2.05, 4.69) is 21.2 Å². The van der Waals surface area contributed by atoms with Crippen molar-refractivity contribution in [3.63, 3.8) is 0 Å². The van der Waals surface area contributed by atoms with Crippen LogP contribution in [0.1, 0.15) is 30.9 Å². The normalized spacial score (nSPS) is 24.6. The lowest BCUT2D eigenvalue weighted by Crippen LogP contribution is -2.40. The first-order chi connectivity index (χ1) is 9.15. The van der Waals surface area contributed by atoms with Crippen LogP contribution in [0.5, 0.6) is 0 Å². The van der Waals surface area contributed by atoms with E-state index in [0.29, 0.717) is 18.5 Å². The van der Waals surface area contributed by atoms with Crippen LogP contribution in [0.2, 0.25) is 5.02 Å². The zero-order chi connectivity index (χ0) is 13.8. The first-order valence-electron chi connectivity index (χ1n) is 6.67. The standard InChI is InChI=1S/C14H20BrClN2O/c15-10-4-5-12(16)11(6-10)14(7-17)18-13-3-1-2-9(13)8-19/h4-6,9,13-14,18-19H,1-3,7-8,17H2. The maximum Gasteiger partial charge on any atom is 0.0474 e. The summed E-state index contributed by atoms with van der Waals surface area (Å²) in [6, 6.07) is 6.17. The summed E-state index contributed by atoms with van der Waals surface area (Å²) in [5.41, 5.74) is 6.91. The van der Waals surface area contributed by atoms with Crippen molar-refractivity contribution < 1.29 is 5.11 Å². The van der Waals surface area contributed by atoms with Crippen molar-refractivity contribution in [1.29, 1.82) is 0 Å². The van der Waals surface area contributed by atoms with Crippen LogP contribution in [-0.4, -0.2) is 24.3 Å². The first-order valence-corrected chi connectivity index (χ1v) is 7.84. The van der Waals surface area contributed by atoms with E-state index in [9.17, 15) is 5.11 Å². The van der Waals surface area contributed by atoms with Gasteiger partial charge >= 0.3 is 0 Å². The van der Waals surface area contributed by atoms with Gasteiger partial charge in [-0.15, -0.1) is 0 Å². The molecule has 1 aliphatic rings. The van der Waals surface area contributed by atoms with Gasteiger partial charge < -0.3 is 16.2 Å². The van der Waals surface area contributed by atoms with Crippen molar-refractivity contribution in [3.05, 3.63) is 33.3 Å². The molecule has 0 bridgehead atoms. The van der Waals surface area contributed by atoms with Gasteiger partial charge in [-0.3, -0.25) is 0 Å². The topological polar surface area (TPSA) is 58.3 Å². The zero-order valence-corrected chi connectivity index (χ0v) is 13.1. The predicted molar refractivity (Wildman–Crippen MR) is 82.3 cm³/mol. The molecule has 4 N–H and O–H groups in total. The largest absolute Gasteiger partial charge is 0.396 e. The maximum atomic E-state index is 9.39. The van der Waals surface area contributed by atoms with Gasteiger partial charge in [0.25, 0.3) is 0 Å². The van der Waals surface area contributed by atoms with E-state index < -0.39 is 0 Å². The number of nitrogens with one attached hydrogen (secondary N) is 1. The Morgan fingerprint density at radius 1 is 1.47 bits per heavy atom. The quantitative estimate of drug-likeness (QED) is 0.767. The Morgan fingerprint density at radius 3 is 2.95 bits per heavy atom. The van der Waals surface area contributed by atoms with Crippen LogP contribution in [0.15, 0.2) is 22.7 Å². The highest BCUT2D eigenvalue weighted by atomic mass is 79.9. The summed E-state index contributed by atoms with van der Waals surface area (Å²) in [5.74, 6) is 0.333. The molecule has 3 atom stereocenters. The molecular formula is C14H20BrClN2O. The summed E-state index contributed by atoms with van der Waals surface area (Å²) in [4.78, 5) is 0.